The molecule has 0 aromatic heterocycles. The molecular weight excluding hydrogens is 434 g/mol. The fourth-order valence-corrected chi connectivity index (χ4v) is 3.49. The molecule has 0 spiro atoms. The molecule has 0 aromatic rings. The first-order valence-corrected chi connectivity index (χ1v) is 12.7. The maximum Gasteiger partial charge on any atom is 0.324 e. The summed E-state index contributed by atoms with van der Waals surface area (Å²) in [5.41, 5.74) is 11.6. The second-order valence-corrected chi connectivity index (χ2v) is 8.41. The molecule has 1 aliphatic heterocycles. The van der Waals surface area contributed by atoms with Gasteiger partial charge in [-0.05, 0) is 39.0 Å². The molecule has 10 nitrogen and oxygen atoms in total. The number of amides is 2. The molecule has 1 heterocycles. The van der Waals surface area contributed by atoms with Crippen molar-refractivity contribution in [2.24, 2.45) is 21.5 Å². The number of nitrogens with one attached hydrogen (secondary N) is 2. The minimum absolute atomic E-state index is 0.0405. The number of hydrogen-bond donors (Lipinski definition) is 4. The maximum atomic E-state index is 12.6. The van der Waals surface area contributed by atoms with Crippen LogP contribution < -0.4 is 22.1 Å². The van der Waals surface area contributed by atoms with E-state index in [1.807, 2.05) is 24.0 Å². The fraction of sp³-hybridized carbons (Fsp3) is 0.750. The number of ether oxygens (including phenoxy) is 1. The van der Waals surface area contributed by atoms with Gasteiger partial charge in [0.15, 0.2) is 11.9 Å². The van der Waals surface area contributed by atoms with Crippen molar-refractivity contribution in [3.63, 3.8) is 0 Å². The number of unbranched alkanes of at least 4 members (excludes halogenated alkanes) is 5. The van der Waals surface area contributed by atoms with Gasteiger partial charge in [0.05, 0.1) is 26.1 Å². The van der Waals surface area contributed by atoms with E-state index in [0.717, 1.165) is 70.8 Å². The van der Waals surface area contributed by atoms with Gasteiger partial charge < -0.3 is 26.4 Å². The first-order chi connectivity index (χ1) is 16.5. The summed E-state index contributed by atoms with van der Waals surface area (Å²) in [6.07, 6.45) is 14.3. The molecule has 6 N–H and O–H groups in total. The van der Waals surface area contributed by atoms with Crippen molar-refractivity contribution in [2.45, 2.75) is 77.6 Å². The zero-order valence-corrected chi connectivity index (χ0v) is 20.9. The van der Waals surface area contributed by atoms with Gasteiger partial charge in [0, 0.05) is 19.6 Å². The molecule has 0 aliphatic carbocycles. The molecule has 1 rings (SSSR count). The molecular formula is C24H45N7O3. The van der Waals surface area contributed by atoms with Crippen LogP contribution in [0.4, 0.5) is 4.79 Å². The number of allylic oxidation sites excluding steroid dienone is 1. The number of carbonyl (C=O) groups is 2. The zero-order valence-electron chi connectivity index (χ0n) is 20.9. The number of hydrogen-bond acceptors (Lipinski definition) is 6. The first kappa shape index (κ1) is 29.3. The number of urea groups is 1. The molecule has 2 amide bonds. The highest BCUT2D eigenvalue weighted by Crippen LogP contribution is 2.08. The number of aliphatic imine (C=N–C) groups is 2. The number of nitrogens with two attached hydrogens (primary N) is 2. The topological polar surface area (TPSA) is 147 Å². The minimum atomic E-state index is -0.284. The normalized spacial score (nSPS) is 17.5. The van der Waals surface area contributed by atoms with E-state index in [9.17, 15) is 9.59 Å². The Morgan fingerprint density at radius 3 is 2.68 bits per heavy atom. The number of nitrogens with zero attached hydrogens (tertiary/aromatic N) is 3. The summed E-state index contributed by atoms with van der Waals surface area (Å²) in [4.78, 5) is 34.3. The number of guanidine groups is 2. The van der Waals surface area contributed by atoms with E-state index in [4.69, 9.17) is 16.2 Å². The Morgan fingerprint density at radius 2 is 1.88 bits per heavy atom. The smallest absolute Gasteiger partial charge is 0.324 e. The number of esters is 1. The van der Waals surface area contributed by atoms with Gasteiger partial charge >= 0.3 is 12.0 Å². The van der Waals surface area contributed by atoms with Crippen LogP contribution in [0.2, 0.25) is 0 Å². The molecule has 0 saturated heterocycles. The summed E-state index contributed by atoms with van der Waals surface area (Å²) in [7, 11) is 0. The second kappa shape index (κ2) is 19.7. The third-order valence-corrected chi connectivity index (χ3v) is 5.47. The van der Waals surface area contributed by atoms with Gasteiger partial charge in [0.1, 0.15) is 0 Å². The molecule has 0 saturated carbocycles. The van der Waals surface area contributed by atoms with E-state index in [0.29, 0.717) is 32.2 Å². The lowest BCUT2D eigenvalue weighted by molar-refractivity contribution is -0.143. The lowest BCUT2D eigenvalue weighted by Gasteiger charge is -2.23. The summed E-state index contributed by atoms with van der Waals surface area (Å²) >= 11 is 0. The van der Waals surface area contributed by atoms with Crippen molar-refractivity contribution in [1.82, 2.24) is 15.5 Å². The summed E-state index contributed by atoms with van der Waals surface area (Å²) in [5.74, 6) is 0.254. The molecule has 0 fully saturated rings. The predicted molar refractivity (Wildman–Crippen MR) is 138 cm³/mol. The number of cyclic esters (lactones) is 1. The zero-order chi connectivity index (χ0) is 24.9. The van der Waals surface area contributed by atoms with Crippen molar-refractivity contribution in [3.8, 4) is 0 Å². The standard InChI is InChI=1S/C24H45N7O3/c1-2-3-15-27-22(25)28-16-10-6-4-5-7-11-18-31-19-12-8-9-13-20-34-21(32)14-17-29-23(26)30-24(31)33/h2-3H,4-20H2,1H3,(H3,25,27,28)(H3,26,29,30,33). The summed E-state index contributed by atoms with van der Waals surface area (Å²) in [6, 6.07) is -0.224. The molecule has 34 heavy (non-hydrogen) atoms. The van der Waals surface area contributed by atoms with Crippen LogP contribution in [0.5, 0.6) is 0 Å². The van der Waals surface area contributed by atoms with E-state index in [1.54, 1.807) is 0 Å². The highest BCUT2D eigenvalue weighted by molar-refractivity contribution is 5.95. The van der Waals surface area contributed by atoms with E-state index in [2.05, 4.69) is 20.6 Å². The fourth-order valence-electron chi connectivity index (χ4n) is 3.49. The van der Waals surface area contributed by atoms with Gasteiger partial charge in [0.25, 0.3) is 0 Å². The maximum absolute atomic E-state index is 12.6. The molecule has 0 radical (unpaired) electrons. The van der Waals surface area contributed by atoms with Gasteiger partial charge in [-0.15, -0.1) is 0 Å². The van der Waals surface area contributed by atoms with Crippen LogP contribution in [-0.2, 0) is 9.53 Å². The van der Waals surface area contributed by atoms with Gasteiger partial charge in [-0.25, -0.2) is 9.79 Å². The van der Waals surface area contributed by atoms with E-state index < -0.39 is 0 Å². The minimum Gasteiger partial charge on any atom is -0.466 e. The highest BCUT2D eigenvalue weighted by Gasteiger charge is 2.14. The Hall–Kier alpha value is -2.78. The molecule has 0 bridgehead atoms. The van der Waals surface area contributed by atoms with Crippen LogP contribution in [0.25, 0.3) is 0 Å². The molecule has 0 atom stereocenters. The quantitative estimate of drug-likeness (QED) is 0.118. The van der Waals surface area contributed by atoms with Gasteiger partial charge in [0.2, 0.25) is 0 Å². The predicted octanol–water partition coefficient (Wildman–Crippen LogP) is 2.64. The van der Waals surface area contributed by atoms with Gasteiger partial charge in [-0.2, -0.15) is 0 Å². The van der Waals surface area contributed by atoms with Crippen LogP contribution in [0.1, 0.15) is 77.6 Å². The highest BCUT2D eigenvalue weighted by atomic mass is 16.5. The SMILES string of the molecule is CC=CCN=C(N)NCCCCCCCCN1CCCCCCOC(=O)CCN=C(N)NC1=O. The lowest BCUT2D eigenvalue weighted by Crippen LogP contribution is -2.46. The summed E-state index contributed by atoms with van der Waals surface area (Å²) < 4.78 is 5.17. The summed E-state index contributed by atoms with van der Waals surface area (Å²) in [6.45, 7) is 5.43. The first-order valence-electron chi connectivity index (χ1n) is 12.7. The van der Waals surface area contributed by atoms with E-state index in [1.165, 1.54) is 0 Å². The van der Waals surface area contributed by atoms with Crippen molar-refractivity contribution in [1.29, 1.82) is 0 Å². The largest absolute Gasteiger partial charge is 0.466 e. The second-order valence-electron chi connectivity index (χ2n) is 8.41. The molecule has 0 aromatic carbocycles. The summed E-state index contributed by atoms with van der Waals surface area (Å²) in [5, 5.41) is 5.78. The Balaban J connectivity index is 2.27. The Bertz CT molecular complexity index is 665. The van der Waals surface area contributed by atoms with Crippen molar-refractivity contribution in [3.05, 3.63) is 12.2 Å². The Labute approximate surface area is 204 Å². The van der Waals surface area contributed by atoms with E-state index >= 15 is 0 Å². The van der Waals surface area contributed by atoms with Crippen LogP contribution in [0, 0.1) is 0 Å². The third-order valence-electron chi connectivity index (χ3n) is 5.47. The molecule has 0 unspecified atom stereocenters. The Kier molecular flexibility index (Phi) is 16.9. The molecule has 194 valence electrons. The molecule has 1 aliphatic rings. The number of rotatable bonds is 11. The van der Waals surface area contributed by atoms with Crippen molar-refractivity contribution in [2.75, 3.05) is 39.3 Å². The van der Waals surface area contributed by atoms with Gasteiger partial charge in [-0.1, -0.05) is 44.3 Å². The van der Waals surface area contributed by atoms with Crippen LogP contribution in [0.15, 0.2) is 22.1 Å². The Morgan fingerprint density at radius 1 is 1.15 bits per heavy atom. The number of carbonyl (C=O) groups excluding carboxylic acids is 2. The van der Waals surface area contributed by atoms with Crippen LogP contribution in [0.3, 0.4) is 0 Å². The monoisotopic (exact) mass is 479 g/mol. The van der Waals surface area contributed by atoms with Crippen molar-refractivity contribution >= 4 is 23.9 Å². The van der Waals surface area contributed by atoms with Crippen LogP contribution in [-0.4, -0.2) is 68.2 Å². The lowest BCUT2D eigenvalue weighted by atomic mass is 10.1. The van der Waals surface area contributed by atoms with Gasteiger partial charge in [-0.3, -0.25) is 15.1 Å². The molecule has 10 heteroatoms. The van der Waals surface area contributed by atoms with Crippen molar-refractivity contribution < 1.29 is 14.3 Å². The van der Waals surface area contributed by atoms with Crippen LogP contribution >= 0.6 is 0 Å². The van der Waals surface area contributed by atoms with E-state index in [-0.39, 0.29) is 30.9 Å². The third kappa shape index (κ3) is 15.9. The average Bonchev–Trinajstić information content (AvgIpc) is 2.80. The average molecular weight is 480 g/mol.